The molecule has 1 saturated heterocycles. The van der Waals surface area contributed by atoms with Gasteiger partial charge in [0.05, 0.1) is 0 Å². The Morgan fingerprint density at radius 1 is 1.16 bits per heavy atom. The molecule has 2 rings (SSSR count). The van der Waals surface area contributed by atoms with Crippen molar-refractivity contribution in [2.24, 2.45) is 0 Å². The highest BCUT2D eigenvalue weighted by molar-refractivity contribution is 5.88. The van der Waals surface area contributed by atoms with Crippen molar-refractivity contribution in [1.29, 1.82) is 0 Å². The Morgan fingerprint density at radius 2 is 1.95 bits per heavy atom. The van der Waals surface area contributed by atoms with Gasteiger partial charge in [0.1, 0.15) is 5.75 Å². The first kappa shape index (κ1) is 13.4. The Morgan fingerprint density at radius 3 is 2.68 bits per heavy atom. The summed E-state index contributed by atoms with van der Waals surface area (Å²) in [5, 5.41) is 9.32. The molecular weight excluding hydrogens is 238 g/mol. The molecule has 0 aliphatic carbocycles. The number of amides is 1. The molecule has 1 fully saturated rings. The van der Waals surface area contributed by atoms with Crippen LogP contribution in [0.4, 0.5) is 0 Å². The van der Waals surface area contributed by atoms with Gasteiger partial charge in [-0.25, -0.2) is 0 Å². The Bertz CT molecular complexity index is 485. The monoisotopic (exact) mass is 257 g/mol. The van der Waals surface area contributed by atoms with Crippen LogP contribution in [-0.2, 0) is 4.79 Å². The molecule has 0 bridgehead atoms. The van der Waals surface area contributed by atoms with E-state index in [1.54, 1.807) is 30.4 Å². The summed E-state index contributed by atoms with van der Waals surface area (Å²) in [6, 6.07) is 7.00. The van der Waals surface area contributed by atoms with Gasteiger partial charge >= 0.3 is 0 Å². The molecule has 0 aromatic heterocycles. The van der Waals surface area contributed by atoms with Crippen LogP contribution in [0.2, 0.25) is 0 Å². The van der Waals surface area contributed by atoms with Crippen molar-refractivity contribution in [3.63, 3.8) is 0 Å². The first-order valence-corrected chi connectivity index (χ1v) is 6.68. The van der Waals surface area contributed by atoms with Gasteiger partial charge in [-0.05, 0) is 37.0 Å². The quantitative estimate of drug-likeness (QED) is 0.668. The van der Waals surface area contributed by atoms with Crippen molar-refractivity contribution >= 4 is 12.0 Å². The summed E-state index contributed by atoms with van der Waals surface area (Å²) in [5.41, 5.74) is 0.912. The molecule has 0 atom stereocenters. The number of likely N-dealkylation sites (tertiary alicyclic amines) is 1. The average Bonchev–Trinajstić information content (AvgIpc) is 2.44. The first-order chi connectivity index (χ1) is 9.25. The second-order valence-electron chi connectivity index (χ2n) is 4.70. The molecule has 0 spiro atoms. The summed E-state index contributed by atoms with van der Waals surface area (Å²) in [6.07, 6.45) is 10.5. The van der Waals surface area contributed by atoms with Crippen molar-refractivity contribution in [3.05, 3.63) is 48.1 Å². The molecule has 19 heavy (non-hydrogen) atoms. The normalized spacial score (nSPS) is 16.3. The molecule has 100 valence electrons. The summed E-state index contributed by atoms with van der Waals surface area (Å²) in [7, 11) is 0. The lowest BCUT2D eigenvalue weighted by molar-refractivity contribution is -0.126. The van der Waals surface area contributed by atoms with Crippen LogP contribution in [0.5, 0.6) is 5.75 Å². The number of nitrogens with zero attached hydrogens (tertiary/aromatic N) is 1. The van der Waals surface area contributed by atoms with Crippen molar-refractivity contribution in [2.75, 3.05) is 13.1 Å². The number of rotatable bonds is 3. The van der Waals surface area contributed by atoms with Crippen LogP contribution in [0.15, 0.2) is 42.5 Å². The molecule has 1 aliphatic rings. The van der Waals surface area contributed by atoms with Crippen molar-refractivity contribution in [1.82, 2.24) is 4.90 Å². The summed E-state index contributed by atoms with van der Waals surface area (Å²) in [6.45, 7) is 1.75. The molecule has 1 aliphatic heterocycles. The zero-order valence-corrected chi connectivity index (χ0v) is 11.0. The lowest BCUT2D eigenvalue weighted by Gasteiger charge is -2.25. The SMILES string of the molecule is O=C(/C=C/C=C/c1cccc(O)c1)N1CCCCC1. The Hall–Kier alpha value is -2.03. The number of hydrogen-bond acceptors (Lipinski definition) is 2. The number of carbonyl (C=O) groups excluding carboxylic acids is 1. The molecule has 0 radical (unpaired) electrons. The maximum Gasteiger partial charge on any atom is 0.246 e. The lowest BCUT2D eigenvalue weighted by Crippen LogP contribution is -2.34. The van der Waals surface area contributed by atoms with Crippen molar-refractivity contribution in [3.8, 4) is 5.75 Å². The number of allylic oxidation sites excluding steroid dienone is 2. The fourth-order valence-electron chi connectivity index (χ4n) is 2.15. The third-order valence-corrected chi connectivity index (χ3v) is 3.18. The van der Waals surface area contributed by atoms with E-state index in [2.05, 4.69) is 0 Å². The summed E-state index contributed by atoms with van der Waals surface area (Å²) in [5.74, 6) is 0.329. The number of piperidine rings is 1. The van der Waals surface area contributed by atoms with E-state index in [9.17, 15) is 9.90 Å². The highest BCUT2D eigenvalue weighted by atomic mass is 16.3. The molecule has 1 amide bonds. The van der Waals surface area contributed by atoms with E-state index in [1.165, 1.54) is 6.42 Å². The van der Waals surface area contributed by atoms with Crippen LogP contribution in [0.25, 0.3) is 6.08 Å². The van der Waals surface area contributed by atoms with Gasteiger partial charge in [0.15, 0.2) is 0 Å². The largest absolute Gasteiger partial charge is 0.508 e. The summed E-state index contributed by atoms with van der Waals surface area (Å²) in [4.78, 5) is 13.7. The highest BCUT2D eigenvalue weighted by Crippen LogP contribution is 2.12. The van der Waals surface area contributed by atoms with Crippen LogP contribution in [0, 0.1) is 0 Å². The van der Waals surface area contributed by atoms with Crippen LogP contribution >= 0.6 is 0 Å². The van der Waals surface area contributed by atoms with Gasteiger partial charge in [-0.2, -0.15) is 0 Å². The maximum atomic E-state index is 11.8. The maximum absolute atomic E-state index is 11.8. The highest BCUT2D eigenvalue weighted by Gasteiger charge is 2.12. The number of phenolic OH excluding ortho intramolecular Hbond substituents is 1. The molecule has 1 aromatic carbocycles. The molecule has 1 heterocycles. The Kier molecular flexibility index (Phi) is 4.78. The molecule has 1 aromatic rings. The van der Waals surface area contributed by atoms with E-state index in [1.807, 2.05) is 23.1 Å². The van der Waals surface area contributed by atoms with Crippen LogP contribution < -0.4 is 0 Å². The van der Waals surface area contributed by atoms with Crippen molar-refractivity contribution < 1.29 is 9.90 Å². The zero-order valence-electron chi connectivity index (χ0n) is 11.0. The molecule has 3 heteroatoms. The van der Waals surface area contributed by atoms with E-state index >= 15 is 0 Å². The van der Waals surface area contributed by atoms with Gasteiger partial charge < -0.3 is 10.0 Å². The summed E-state index contributed by atoms with van der Waals surface area (Å²) >= 11 is 0. The number of aromatic hydroxyl groups is 1. The second kappa shape index (κ2) is 6.78. The zero-order chi connectivity index (χ0) is 13.5. The summed E-state index contributed by atoms with van der Waals surface area (Å²) < 4.78 is 0. The van der Waals surface area contributed by atoms with E-state index in [0.29, 0.717) is 0 Å². The van der Waals surface area contributed by atoms with Gasteiger partial charge in [0, 0.05) is 19.2 Å². The number of benzene rings is 1. The van der Waals surface area contributed by atoms with Gasteiger partial charge in [0.25, 0.3) is 0 Å². The topological polar surface area (TPSA) is 40.5 Å². The lowest BCUT2D eigenvalue weighted by atomic mass is 10.1. The first-order valence-electron chi connectivity index (χ1n) is 6.68. The number of carbonyl (C=O) groups is 1. The molecule has 3 nitrogen and oxygen atoms in total. The van der Waals surface area contributed by atoms with E-state index in [-0.39, 0.29) is 11.7 Å². The Labute approximate surface area is 113 Å². The molecule has 0 saturated carbocycles. The van der Waals surface area contributed by atoms with E-state index in [4.69, 9.17) is 0 Å². The molecular formula is C16H19NO2. The van der Waals surface area contributed by atoms with Gasteiger partial charge in [0.2, 0.25) is 5.91 Å². The second-order valence-corrected chi connectivity index (χ2v) is 4.70. The van der Waals surface area contributed by atoms with Crippen LogP contribution in [-0.4, -0.2) is 29.0 Å². The smallest absolute Gasteiger partial charge is 0.246 e. The third kappa shape index (κ3) is 4.28. The molecule has 1 N–H and O–H groups in total. The number of phenols is 1. The fourth-order valence-corrected chi connectivity index (χ4v) is 2.15. The number of hydrogen-bond donors (Lipinski definition) is 1. The van der Waals surface area contributed by atoms with Gasteiger partial charge in [-0.3, -0.25) is 4.79 Å². The standard InChI is InChI=1S/C16H19NO2/c18-15-9-6-8-14(13-15)7-2-3-10-16(19)17-11-4-1-5-12-17/h2-3,6-10,13,18H,1,4-5,11-12H2/b7-2+,10-3+. The molecule has 0 unspecified atom stereocenters. The van der Waals surface area contributed by atoms with Crippen LogP contribution in [0.3, 0.4) is 0 Å². The predicted molar refractivity (Wildman–Crippen MR) is 76.7 cm³/mol. The minimum Gasteiger partial charge on any atom is -0.508 e. The average molecular weight is 257 g/mol. The van der Waals surface area contributed by atoms with E-state index < -0.39 is 0 Å². The predicted octanol–water partition coefficient (Wildman–Crippen LogP) is 2.97. The van der Waals surface area contributed by atoms with Gasteiger partial charge in [-0.15, -0.1) is 0 Å². The van der Waals surface area contributed by atoms with Gasteiger partial charge in [-0.1, -0.05) is 30.4 Å². The van der Waals surface area contributed by atoms with E-state index in [0.717, 1.165) is 31.5 Å². The Balaban J connectivity index is 1.87. The fraction of sp³-hybridized carbons (Fsp3) is 0.312. The minimum atomic E-state index is 0.0836. The minimum absolute atomic E-state index is 0.0836. The van der Waals surface area contributed by atoms with Crippen molar-refractivity contribution in [2.45, 2.75) is 19.3 Å². The third-order valence-electron chi connectivity index (χ3n) is 3.18. The van der Waals surface area contributed by atoms with Crippen LogP contribution in [0.1, 0.15) is 24.8 Å².